The molecule has 0 radical (unpaired) electrons. The number of aliphatic hydroxyl groups excluding tert-OH is 3. The average Bonchev–Trinajstić information content (AvgIpc) is 2.67. The molecule has 144 valence electrons. The fourth-order valence-corrected chi connectivity index (χ4v) is 2.81. The van der Waals surface area contributed by atoms with Gasteiger partial charge in [0, 0.05) is 12.8 Å². The van der Waals surface area contributed by atoms with Gasteiger partial charge in [0.15, 0.2) is 11.4 Å². The third kappa shape index (κ3) is 5.30. The van der Waals surface area contributed by atoms with Crippen molar-refractivity contribution in [2.24, 2.45) is 0 Å². The molecule has 0 aliphatic carbocycles. The van der Waals surface area contributed by atoms with Crippen molar-refractivity contribution < 1.29 is 30.0 Å². The number of hydrogen-bond donors (Lipinski definition) is 4. The van der Waals surface area contributed by atoms with Crippen molar-refractivity contribution in [3.05, 3.63) is 71.8 Å². The summed E-state index contributed by atoms with van der Waals surface area (Å²) in [7, 11) is 0. The van der Waals surface area contributed by atoms with Crippen LogP contribution in [0.25, 0.3) is 0 Å². The predicted molar refractivity (Wildman–Crippen MR) is 99.0 cm³/mol. The summed E-state index contributed by atoms with van der Waals surface area (Å²) >= 11 is 0. The molecule has 0 heterocycles. The van der Waals surface area contributed by atoms with E-state index in [1.54, 1.807) is 60.7 Å². The first kappa shape index (κ1) is 20.9. The first-order valence-corrected chi connectivity index (χ1v) is 8.66. The van der Waals surface area contributed by atoms with Crippen molar-refractivity contribution in [2.45, 2.75) is 43.7 Å². The van der Waals surface area contributed by atoms with Crippen LogP contribution >= 0.6 is 0 Å². The monoisotopic (exact) mass is 372 g/mol. The van der Waals surface area contributed by atoms with Crippen LogP contribution in [0.4, 0.5) is 0 Å². The molecule has 2 rings (SSSR count). The fourth-order valence-electron chi connectivity index (χ4n) is 2.81. The Balaban J connectivity index is 2.04. The van der Waals surface area contributed by atoms with Crippen LogP contribution in [0.15, 0.2) is 60.7 Å². The molecule has 4 N–H and O–H groups in total. The van der Waals surface area contributed by atoms with E-state index in [4.69, 9.17) is 0 Å². The number of ketones is 2. The van der Waals surface area contributed by atoms with Crippen LogP contribution in [-0.4, -0.2) is 55.9 Å². The predicted octanol–water partition coefficient (Wildman–Crippen LogP) is 0.444. The van der Waals surface area contributed by atoms with Gasteiger partial charge in [-0.05, 0) is 18.1 Å². The number of carbonyl (C=O) groups excluding carboxylic acids is 2. The van der Waals surface area contributed by atoms with Crippen molar-refractivity contribution in [1.29, 1.82) is 0 Å². The highest BCUT2D eigenvalue weighted by molar-refractivity contribution is 6.13. The molecular formula is C21H24O6. The number of hydrogen-bond acceptors (Lipinski definition) is 6. The summed E-state index contributed by atoms with van der Waals surface area (Å²) in [5.74, 6) is -2.37. The average molecular weight is 372 g/mol. The van der Waals surface area contributed by atoms with Gasteiger partial charge in [-0.2, -0.15) is 0 Å². The molecule has 0 aliphatic rings. The Kier molecular flexibility index (Phi) is 6.98. The SMILES string of the molecule is C[C@@](O)(C(=O)C(O)Cc1ccccc1)C(=O)[C@@H](O)C(O)Cc1ccccc1. The molecule has 0 aliphatic heterocycles. The number of benzene rings is 2. The highest BCUT2D eigenvalue weighted by atomic mass is 16.4. The van der Waals surface area contributed by atoms with Crippen LogP contribution in [0.3, 0.4) is 0 Å². The highest BCUT2D eigenvalue weighted by Crippen LogP contribution is 2.18. The number of rotatable bonds is 9. The van der Waals surface area contributed by atoms with Crippen molar-refractivity contribution in [3.8, 4) is 0 Å². The Morgan fingerprint density at radius 2 is 1.26 bits per heavy atom. The van der Waals surface area contributed by atoms with Crippen molar-refractivity contribution in [3.63, 3.8) is 0 Å². The second-order valence-electron chi connectivity index (χ2n) is 6.71. The summed E-state index contributed by atoms with van der Waals surface area (Å²) < 4.78 is 0. The lowest BCUT2D eigenvalue weighted by atomic mass is 9.85. The largest absolute Gasteiger partial charge is 0.390 e. The zero-order valence-electron chi connectivity index (χ0n) is 15.0. The summed E-state index contributed by atoms with van der Waals surface area (Å²) in [6, 6.07) is 17.4. The Bertz CT molecular complexity index is 757. The lowest BCUT2D eigenvalue weighted by Crippen LogP contribution is -2.55. The lowest BCUT2D eigenvalue weighted by molar-refractivity contribution is -0.162. The van der Waals surface area contributed by atoms with E-state index >= 15 is 0 Å². The Morgan fingerprint density at radius 3 is 1.74 bits per heavy atom. The molecule has 0 bridgehead atoms. The van der Waals surface area contributed by atoms with Crippen molar-refractivity contribution in [1.82, 2.24) is 0 Å². The molecule has 6 heteroatoms. The van der Waals surface area contributed by atoms with Crippen molar-refractivity contribution >= 4 is 11.6 Å². The lowest BCUT2D eigenvalue weighted by Gasteiger charge is -2.27. The zero-order chi connectivity index (χ0) is 20.0. The van der Waals surface area contributed by atoms with Crippen LogP contribution in [0.1, 0.15) is 18.1 Å². The van der Waals surface area contributed by atoms with Gasteiger partial charge in [-0.25, -0.2) is 0 Å². The summed E-state index contributed by atoms with van der Waals surface area (Å²) in [6.45, 7) is 0.921. The number of Topliss-reactive ketones (excluding diaryl/α,β-unsaturated/α-hetero) is 2. The van der Waals surface area contributed by atoms with Gasteiger partial charge in [0.1, 0.15) is 12.2 Å². The Morgan fingerprint density at radius 1 is 0.815 bits per heavy atom. The van der Waals surface area contributed by atoms with Crippen LogP contribution in [0.2, 0.25) is 0 Å². The maximum Gasteiger partial charge on any atom is 0.202 e. The van der Waals surface area contributed by atoms with Crippen LogP contribution < -0.4 is 0 Å². The second-order valence-corrected chi connectivity index (χ2v) is 6.71. The van der Waals surface area contributed by atoms with E-state index in [2.05, 4.69) is 0 Å². The van der Waals surface area contributed by atoms with E-state index in [0.717, 1.165) is 6.92 Å². The van der Waals surface area contributed by atoms with Gasteiger partial charge in [0.25, 0.3) is 0 Å². The molecular weight excluding hydrogens is 348 g/mol. The maximum atomic E-state index is 12.4. The minimum absolute atomic E-state index is 0.0232. The molecule has 0 amide bonds. The number of carbonyl (C=O) groups is 2. The van der Waals surface area contributed by atoms with Crippen LogP contribution in [0, 0.1) is 0 Å². The smallest absolute Gasteiger partial charge is 0.202 e. The first-order chi connectivity index (χ1) is 12.7. The van der Waals surface area contributed by atoms with Gasteiger partial charge in [-0.1, -0.05) is 60.7 Å². The van der Waals surface area contributed by atoms with Crippen LogP contribution in [0.5, 0.6) is 0 Å². The summed E-state index contributed by atoms with van der Waals surface area (Å²) in [5, 5.41) is 40.7. The molecule has 0 aromatic heterocycles. The third-order valence-corrected chi connectivity index (χ3v) is 4.45. The van der Waals surface area contributed by atoms with Crippen LogP contribution in [-0.2, 0) is 22.4 Å². The molecule has 0 spiro atoms. The first-order valence-electron chi connectivity index (χ1n) is 8.66. The van der Waals surface area contributed by atoms with E-state index in [9.17, 15) is 30.0 Å². The van der Waals surface area contributed by atoms with E-state index in [1.165, 1.54) is 0 Å². The van der Waals surface area contributed by atoms with E-state index in [-0.39, 0.29) is 12.8 Å². The maximum absolute atomic E-state index is 12.4. The minimum Gasteiger partial charge on any atom is -0.390 e. The molecule has 2 aromatic carbocycles. The third-order valence-electron chi connectivity index (χ3n) is 4.45. The standard InChI is InChI=1S/C21H24O6/c1-21(27,19(25)17(23)13-15-10-6-3-7-11-15)20(26)18(24)16(22)12-14-8-4-2-5-9-14/h2-11,16-18,22-24,27H,12-13H2,1H3/t16?,17?,18-,21+/m0/s1. The summed E-state index contributed by atoms with van der Waals surface area (Å²) in [4.78, 5) is 24.8. The second kappa shape index (κ2) is 9.01. The van der Waals surface area contributed by atoms with Crippen molar-refractivity contribution in [2.75, 3.05) is 0 Å². The highest BCUT2D eigenvalue weighted by Gasteiger charge is 2.46. The topological polar surface area (TPSA) is 115 Å². The Hall–Kier alpha value is -2.38. The quantitative estimate of drug-likeness (QED) is 0.475. The van der Waals surface area contributed by atoms with E-state index < -0.39 is 35.5 Å². The Labute approximate surface area is 157 Å². The molecule has 0 fully saturated rings. The summed E-state index contributed by atoms with van der Waals surface area (Å²) in [5.41, 5.74) is -1.27. The minimum atomic E-state index is -2.62. The van der Waals surface area contributed by atoms with E-state index in [1.807, 2.05) is 0 Å². The molecule has 27 heavy (non-hydrogen) atoms. The molecule has 4 atom stereocenters. The van der Waals surface area contributed by atoms with Gasteiger partial charge in [0.05, 0.1) is 6.10 Å². The zero-order valence-corrected chi connectivity index (χ0v) is 15.0. The van der Waals surface area contributed by atoms with Gasteiger partial charge < -0.3 is 20.4 Å². The summed E-state index contributed by atoms with van der Waals surface area (Å²) in [6.07, 6.45) is -5.18. The van der Waals surface area contributed by atoms with Gasteiger partial charge in [-0.3, -0.25) is 9.59 Å². The van der Waals surface area contributed by atoms with Gasteiger partial charge in [-0.15, -0.1) is 0 Å². The van der Waals surface area contributed by atoms with Gasteiger partial charge in [0.2, 0.25) is 5.78 Å². The van der Waals surface area contributed by atoms with E-state index in [0.29, 0.717) is 11.1 Å². The molecule has 6 nitrogen and oxygen atoms in total. The molecule has 0 saturated carbocycles. The normalized spacial score (nSPS) is 16.8. The van der Waals surface area contributed by atoms with Gasteiger partial charge >= 0.3 is 0 Å². The molecule has 2 unspecified atom stereocenters. The molecule has 2 aromatic rings. The fraction of sp³-hybridized carbons (Fsp3) is 0.333. The molecule has 0 saturated heterocycles. The number of aliphatic hydroxyl groups is 4.